The topological polar surface area (TPSA) is 20.3 Å². The molecule has 0 spiro atoms. The van der Waals surface area contributed by atoms with Crippen LogP contribution in [0.4, 0.5) is 0 Å². The molecule has 0 bridgehead atoms. The van der Waals surface area contributed by atoms with Crippen LogP contribution >= 0.6 is 24.0 Å². The zero-order valence-corrected chi connectivity index (χ0v) is 11.1. The first-order valence-electron chi connectivity index (χ1n) is 5.53. The number of thiocarbonyl (C=S) groups is 1. The Kier molecular flexibility index (Phi) is 5.61. The first kappa shape index (κ1) is 13.0. The van der Waals surface area contributed by atoms with Crippen LogP contribution in [-0.2, 0) is 4.79 Å². The first-order chi connectivity index (χ1) is 7.11. The minimum absolute atomic E-state index is 0.123. The van der Waals surface area contributed by atoms with Crippen LogP contribution in [0.2, 0.25) is 0 Å². The maximum Gasteiger partial charge on any atom is 0.136 e. The minimum atomic E-state index is 0.123. The zero-order valence-electron chi connectivity index (χ0n) is 9.49. The number of thioether (sulfide) groups is 1. The summed E-state index contributed by atoms with van der Waals surface area (Å²) < 4.78 is 0.975. The highest BCUT2D eigenvalue weighted by molar-refractivity contribution is 8.22. The second-order valence-electron chi connectivity index (χ2n) is 4.14. The number of rotatable bonds is 3. The molecule has 0 radical (unpaired) electrons. The van der Waals surface area contributed by atoms with E-state index in [4.69, 9.17) is 12.2 Å². The van der Waals surface area contributed by atoms with Crippen molar-refractivity contribution in [1.82, 2.24) is 4.90 Å². The molecule has 1 aliphatic heterocycles. The van der Waals surface area contributed by atoms with E-state index < -0.39 is 0 Å². The van der Waals surface area contributed by atoms with Gasteiger partial charge in [0.15, 0.2) is 0 Å². The van der Waals surface area contributed by atoms with Crippen LogP contribution in [0.25, 0.3) is 0 Å². The van der Waals surface area contributed by atoms with Gasteiger partial charge in [-0.3, -0.25) is 4.79 Å². The molecular formula is C11H19NOS2. The maximum atomic E-state index is 11.1. The van der Waals surface area contributed by atoms with Crippen LogP contribution in [0.5, 0.6) is 0 Å². The third kappa shape index (κ3) is 4.51. The van der Waals surface area contributed by atoms with Crippen LogP contribution in [0.3, 0.4) is 0 Å². The fourth-order valence-corrected chi connectivity index (χ4v) is 2.86. The van der Waals surface area contributed by atoms with Gasteiger partial charge in [-0.25, -0.2) is 0 Å². The summed E-state index contributed by atoms with van der Waals surface area (Å²) in [4.78, 5) is 13.3. The molecule has 1 saturated heterocycles. The molecule has 0 aromatic carbocycles. The second-order valence-corrected chi connectivity index (χ2v) is 5.79. The molecule has 1 heterocycles. The highest BCUT2D eigenvalue weighted by atomic mass is 32.2. The average molecular weight is 245 g/mol. The van der Waals surface area contributed by atoms with Crippen molar-refractivity contribution >= 4 is 34.1 Å². The van der Waals surface area contributed by atoms with E-state index in [9.17, 15) is 4.79 Å². The van der Waals surface area contributed by atoms with E-state index in [1.807, 2.05) is 6.92 Å². The molecule has 4 heteroatoms. The number of carbonyl (C=O) groups excluding carboxylic acids is 1. The van der Waals surface area contributed by atoms with Gasteiger partial charge in [0, 0.05) is 24.8 Å². The molecule has 1 fully saturated rings. The van der Waals surface area contributed by atoms with Gasteiger partial charge in [0.25, 0.3) is 0 Å². The molecular weight excluding hydrogens is 226 g/mol. The second kappa shape index (κ2) is 6.48. The summed E-state index contributed by atoms with van der Waals surface area (Å²) in [6.45, 7) is 5.81. The van der Waals surface area contributed by atoms with Gasteiger partial charge in [0.05, 0.1) is 0 Å². The highest BCUT2D eigenvalue weighted by Crippen LogP contribution is 2.18. The molecule has 2 nitrogen and oxygen atoms in total. The molecule has 0 amide bonds. The summed E-state index contributed by atoms with van der Waals surface area (Å²) >= 11 is 7.01. The number of hydrogen-bond acceptors (Lipinski definition) is 3. The molecule has 1 aliphatic rings. The van der Waals surface area contributed by atoms with Gasteiger partial charge >= 0.3 is 0 Å². The summed E-state index contributed by atoms with van der Waals surface area (Å²) in [7, 11) is 0. The van der Waals surface area contributed by atoms with E-state index in [2.05, 4.69) is 4.90 Å². The molecule has 0 aromatic rings. The number of likely N-dealkylation sites (tertiary alicyclic amines) is 1. The largest absolute Gasteiger partial charge is 0.358 e. The van der Waals surface area contributed by atoms with E-state index in [-0.39, 0.29) is 11.7 Å². The van der Waals surface area contributed by atoms with E-state index in [1.165, 1.54) is 19.3 Å². The molecule has 86 valence electrons. The zero-order chi connectivity index (χ0) is 11.3. The maximum absolute atomic E-state index is 11.1. The van der Waals surface area contributed by atoms with Gasteiger partial charge in [-0.15, -0.1) is 0 Å². The number of carbonyl (C=O) groups is 1. The van der Waals surface area contributed by atoms with Crippen molar-refractivity contribution < 1.29 is 4.79 Å². The Hall–Kier alpha value is -0.0900. The Morgan fingerprint density at radius 3 is 2.53 bits per heavy atom. The predicted octanol–water partition coefficient (Wildman–Crippen LogP) is 2.72. The fraction of sp³-hybridized carbons (Fsp3) is 0.818. The summed E-state index contributed by atoms with van der Waals surface area (Å²) in [6, 6.07) is 0. The predicted molar refractivity (Wildman–Crippen MR) is 70.3 cm³/mol. The Balaban J connectivity index is 2.25. The van der Waals surface area contributed by atoms with Crippen molar-refractivity contribution in [1.29, 1.82) is 0 Å². The third-order valence-corrected chi connectivity index (χ3v) is 4.55. The smallest absolute Gasteiger partial charge is 0.136 e. The van der Waals surface area contributed by atoms with Gasteiger partial charge in [0.2, 0.25) is 0 Å². The molecule has 1 rings (SSSR count). The van der Waals surface area contributed by atoms with Gasteiger partial charge in [-0.2, -0.15) is 0 Å². The Morgan fingerprint density at radius 2 is 2.00 bits per heavy atom. The van der Waals surface area contributed by atoms with Crippen LogP contribution < -0.4 is 0 Å². The van der Waals surface area contributed by atoms with E-state index in [1.54, 1.807) is 18.7 Å². The van der Waals surface area contributed by atoms with Crippen LogP contribution in [-0.4, -0.2) is 33.8 Å². The van der Waals surface area contributed by atoms with Gasteiger partial charge in [-0.1, -0.05) is 30.9 Å². The van der Waals surface area contributed by atoms with E-state index >= 15 is 0 Å². The monoisotopic (exact) mass is 245 g/mol. The Morgan fingerprint density at radius 1 is 1.40 bits per heavy atom. The van der Waals surface area contributed by atoms with Crippen molar-refractivity contribution in [2.75, 3.05) is 18.8 Å². The van der Waals surface area contributed by atoms with Crippen molar-refractivity contribution in [2.45, 2.75) is 33.1 Å². The third-order valence-electron chi connectivity index (χ3n) is 2.77. The van der Waals surface area contributed by atoms with E-state index in [0.29, 0.717) is 0 Å². The van der Waals surface area contributed by atoms with Crippen molar-refractivity contribution in [3.05, 3.63) is 0 Å². The van der Waals surface area contributed by atoms with Crippen LogP contribution in [0.1, 0.15) is 33.1 Å². The molecule has 0 aromatic heterocycles. The van der Waals surface area contributed by atoms with Gasteiger partial charge < -0.3 is 4.90 Å². The molecule has 0 aliphatic carbocycles. The van der Waals surface area contributed by atoms with Crippen molar-refractivity contribution in [3.8, 4) is 0 Å². The normalized spacial score (nSPS) is 18.7. The standard InChI is InChI=1S/C11H19NOS2/c1-9(10(2)13)8-15-11(14)12-6-4-3-5-7-12/h9H,3-8H2,1-2H3. The summed E-state index contributed by atoms with van der Waals surface area (Å²) in [5.41, 5.74) is 0. The molecule has 15 heavy (non-hydrogen) atoms. The van der Waals surface area contributed by atoms with Crippen LogP contribution in [0.15, 0.2) is 0 Å². The number of ketones is 1. The highest BCUT2D eigenvalue weighted by Gasteiger charge is 2.15. The summed E-state index contributed by atoms with van der Waals surface area (Å²) in [6.07, 6.45) is 3.83. The van der Waals surface area contributed by atoms with Crippen molar-refractivity contribution in [2.24, 2.45) is 5.92 Å². The molecule has 1 unspecified atom stereocenters. The van der Waals surface area contributed by atoms with Gasteiger partial charge in [-0.05, 0) is 26.2 Å². The Labute approximate surface area is 102 Å². The van der Waals surface area contributed by atoms with Crippen molar-refractivity contribution in [3.63, 3.8) is 0 Å². The van der Waals surface area contributed by atoms with Crippen LogP contribution in [0, 0.1) is 5.92 Å². The lowest BCUT2D eigenvalue weighted by molar-refractivity contribution is -0.119. The minimum Gasteiger partial charge on any atom is -0.358 e. The summed E-state index contributed by atoms with van der Waals surface area (Å²) in [5.74, 6) is 1.20. The first-order valence-corrected chi connectivity index (χ1v) is 6.93. The number of nitrogens with zero attached hydrogens (tertiary/aromatic N) is 1. The molecule has 1 atom stereocenters. The number of piperidine rings is 1. The number of hydrogen-bond donors (Lipinski definition) is 0. The lowest BCUT2D eigenvalue weighted by Gasteiger charge is -2.28. The summed E-state index contributed by atoms with van der Waals surface area (Å²) in [5, 5.41) is 0. The molecule has 0 N–H and O–H groups in total. The lowest BCUT2D eigenvalue weighted by atomic mass is 10.1. The number of Topliss-reactive ketones (excluding diaryl/α,β-unsaturated/α-hetero) is 1. The molecule has 0 saturated carbocycles. The lowest BCUT2D eigenvalue weighted by Crippen LogP contribution is -2.33. The van der Waals surface area contributed by atoms with Gasteiger partial charge in [0.1, 0.15) is 10.1 Å². The van der Waals surface area contributed by atoms with E-state index in [0.717, 1.165) is 23.2 Å². The average Bonchev–Trinajstić information content (AvgIpc) is 2.26. The Bertz CT molecular complexity index is 237. The fourth-order valence-electron chi connectivity index (χ4n) is 1.48. The quantitative estimate of drug-likeness (QED) is 0.712. The SMILES string of the molecule is CC(=O)C(C)CSC(=S)N1CCCCC1.